The third kappa shape index (κ3) is 3.59. The molecule has 2 aliphatic rings. The maximum absolute atomic E-state index is 12.3. The summed E-state index contributed by atoms with van der Waals surface area (Å²) in [6, 6.07) is 0. The Morgan fingerprint density at radius 3 is 2.24 bits per heavy atom. The number of ether oxygens (including phenoxy) is 1. The normalized spacial score (nSPS) is 25.3. The molecule has 0 aromatic carbocycles. The molecule has 4 heteroatoms. The molecule has 2 N–H and O–H groups in total. The molecule has 0 amide bonds. The second-order valence-electron chi connectivity index (χ2n) is 7.02. The first-order valence-electron chi connectivity index (χ1n) is 8.68. The lowest BCUT2D eigenvalue weighted by atomic mass is 9.74. The van der Waals surface area contributed by atoms with E-state index in [1.807, 2.05) is 6.92 Å². The Labute approximate surface area is 129 Å². The molecule has 1 atom stereocenters. The van der Waals surface area contributed by atoms with Crippen LogP contribution in [0.5, 0.6) is 0 Å². The monoisotopic (exact) mass is 296 g/mol. The van der Waals surface area contributed by atoms with Crippen LogP contribution in [-0.2, 0) is 9.53 Å². The van der Waals surface area contributed by atoms with E-state index in [9.17, 15) is 4.79 Å². The van der Waals surface area contributed by atoms with Gasteiger partial charge in [0.05, 0.1) is 6.61 Å². The molecule has 2 fully saturated rings. The fraction of sp³-hybridized carbons (Fsp3) is 0.941. The fourth-order valence-electron chi connectivity index (χ4n) is 3.74. The number of hydrogen-bond donors (Lipinski definition) is 1. The molecule has 1 unspecified atom stereocenters. The molecule has 0 aromatic heterocycles. The van der Waals surface area contributed by atoms with Gasteiger partial charge in [0.25, 0.3) is 0 Å². The molecule has 0 spiro atoms. The number of carbonyl (C=O) groups excluding carboxylic acids is 1. The molecule has 0 aromatic rings. The maximum Gasteiger partial charge on any atom is 0.327 e. The molecule has 1 saturated heterocycles. The zero-order valence-corrected chi connectivity index (χ0v) is 14.0. The Morgan fingerprint density at radius 2 is 1.81 bits per heavy atom. The fourth-order valence-corrected chi connectivity index (χ4v) is 3.74. The summed E-state index contributed by atoms with van der Waals surface area (Å²) in [4.78, 5) is 14.7. The van der Waals surface area contributed by atoms with Crippen molar-refractivity contribution in [2.75, 3.05) is 26.2 Å². The molecule has 1 aliphatic carbocycles. The van der Waals surface area contributed by atoms with E-state index in [4.69, 9.17) is 10.5 Å². The topological polar surface area (TPSA) is 55.6 Å². The van der Waals surface area contributed by atoms with Crippen molar-refractivity contribution in [1.82, 2.24) is 4.90 Å². The second kappa shape index (κ2) is 6.66. The van der Waals surface area contributed by atoms with E-state index in [1.54, 1.807) is 0 Å². The third-order valence-corrected chi connectivity index (χ3v) is 5.86. The van der Waals surface area contributed by atoms with E-state index in [1.165, 1.54) is 25.7 Å². The summed E-state index contributed by atoms with van der Waals surface area (Å²) >= 11 is 0. The lowest BCUT2D eigenvalue weighted by Gasteiger charge is -2.43. The van der Waals surface area contributed by atoms with Crippen LogP contribution in [0.2, 0.25) is 0 Å². The highest BCUT2D eigenvalue weighted by atomic mass is 16.5. The predicted molar refractivity (Wildman–Crippen MR) is 85.0 cm³/mol. The van der Waals surface area contributed by atoms with E-state index in [0.717, 1.165) is 25.9 Å². The lowest BCUT2D eigenvalue weighted by Crippen LogP contribution is -2.60. The molecule has 0 bridgehead atoms. The van der Waals surface area contributed by atoms with E-state index in [2.05, 4.69) is 18.7 Å². The van der Waals surface area contributed by atoms with Crippen LogP contribution in [0.15, 0.2) is 0 Å². The van der Waals surface area contributed by atoms with Crippen molar-refractivity contribution in [1.29, 1.82) is 0 Å². The first kappa shape index (κ1) is 16.8. The summed E-state index contributed by atoms with van der Waals surface area (Å²) in [5.74, 6) is 0.121. The van der Waals surface area contributed by atoms with Crippen LogP contribution in [0.4, 0.5) is 0 Å². The average molecular weight is 296 g/mol. The number of esters is 1. The van der Waals surface area contributed by atoms with Crippen molar-refractivity contribution in [2.24, 2.45) is 17.1 Å². The van der Waals surface area contributed by atoms with E-state index in [0.29, 0.717) is 24.5 Å². The van der Waals surface area contributed by atoms with Crippen LogP contribution < -0.4 is 5.73 Å². The number of nitrogens with zero attached hydrogens (tertiary/aromatic N) is 1. The Bertz CT molecular complexity index is 354. The van der Waals surface area contributed by atoms with Gasteiger partial charge in [0.15, 0.2) is 0 Å². The van der Waals surface area contributed by atoms with Crippen LogP contribution in [0.1, 0.15) is 59.3 Å². The minimum absolute atomic E-state index is 0.199. The minimum Gasteiger partial charge on any atom is -0.465 e. The molecule has 4 nitrogen and oxygen atoms in total. The zero-order valence-electron chi connectivity index (χ0n) is 14.0. The SMILES string of the molecule is CCOC(=O)C(N)(CN1CCC(CC)(CC)CC1)C1CC1. The van der Waals surface area contributed by atoms with Gasteiger partial charge in [0.1, 0.15) is 5.54 Å². The summed E-state index contributed by atoms with van der Waals surface area (Å²) in [5, 5.41) is 0. The number of rotatable bonds is 7. The van der Waals surface area contributed by atoms with E-state index < -0.39 is 5.54 Å². The summed E-state index contributed by atoms with van der Waals surface area (Å²) < 4.78 is 5.24. The van der Waals surface area contributed by atoms with Crippen LogP contribution in [0.25, 0.3) is 0 Å². The van der Waals surface area contributed by atoms with Gasteiger partial charge < -0.3 is 15.4 Å². The van der Waals surface area contributed by atoms with Crippen LogP contribution in [0.3, 0.4) is 0 Å². The standard InChI is InChI=1S/C17H32N2O2/c1-4-16(5-2)9-11-19(12-10-16)13-17(18,14-7-8-14)15(20)21-6-3/h14H,4-13,18H2,1-3H3. The Hall–Kier alpha value is -0.610. The maximum atomic E-state index is 12.3. The number of nitrogens with two attached hydrogens (primary N) is 1. The Kier molecular flexibility index (Phi) is 5.31. The van der Waals surface area contributed by atoms with Gasteiger partial charge in [-0.3, -0.25) is 0 Å². The van der Waals surface area contributed by atoms with Crippen molar-refractivity contribution in [3.63, 3.8) is 0 Å². The van der Waals surface area contributed by atoms with Crippen LogP contribution >= 0.6 is 0 Å². The average Bonchev–Trinajstić information content (AvgIpc) is 3.33. The van der Waals surface area contributed by atoms with Crippen molar-refractivity contribution >= 4 is 5.97 Å². The molecular weight excluding hydrogens is 264 g/mol. The highest BCUT2D eigenvalue weighted by Crippen LogP contribution is 2.42. The van der Waals surface area contributed by atoms with E-state index >= 15 is 0 Å². The quantitative estimate of drug-likeness (QED) is 0.734. The van der Waals surface area contributed by atoms with Gasteiger partial charge in [0.2, 0.25) is 0 Å². The van der Waals surface area contributed by atoms with Crippen LogP contribution in [-0.4, -0.2) is 42.6 Å². The molecule has 1 saturated carbocycles. The van der Waals surface area contributed by atoms with Gasteiger partial charge in [-0.2, -0.15) is 0 Å². The van der Waals surface area contributed by atoms with Gasteiger partial charge in [0, 0.05) is 6.54 Å². The van der Waals surface area contributed by atoms with Crippen molar-refractivity contribution in [3.05, 3.63) is 0 Å². The van der Waals surface area contributed by atoms with Gasteiger partial charge in [-0.1, -0.05) is 26.7 Å². The summed E-state index contributed by atoms with van der Waals surface area (Å²) in [7, 11) is 0. The number of piperidine rings is 1. The van der Waals surface area contributed by atoms with Crippen molar-refractivity contribution in [3.8, 4) is 0 Å². The van der Waals surface area contributed by atoms with Gasteiger partial charge in [-0.05, 0) is 57.0 Å². The number of likely N-dealkylation sites (tertiary alicyclic amines) is 1. The van der Waals surface area contributed by atoms with Gasteiger partial charge >= 0.3 is 5.97 Å². The molecule has 1 aliphatic heterocycles. The first-order chi connectivity index (χ1) is 9.99. The molecule has 2 rings (SSSR count). The summed E-state index contributed by atoms with van der Waals surface area (Å²) in [6.45, 7) is 9.66. The molecule has 122 valence electrons. The largest absolute Gasteiger partial charge is 0.465 e. The summed E-state index contributed by atoms with van der Waals surface area (Å²) in [5.41, 5.74) is 6.21. The number of hydrogen-bond acceptors (Lipinski definition) is 4. The third-order valence-electron chi connectivity index (χ3n) is 5.86. The van der Waals surface area contributed by atoms with Crippen LogP contribution in [0, 0.1) is 11.3 Å². The first-order valence-corrected chi connectivity index (χ1v) is 8.68. The zero-order chi connectivity index (χ0) is 15.5. The molecule has 21 heavy (non-hydrogen) atoms. The van der Waals surface area contributed by atoms with Gasteiger partial charge in [-0.25, -0.2) is 4.79 Å². The smallest absolute Gasteiger partial charge is 0.327 e. The van der Waals surface area contributed by atoms with Crippen molar-refractivity contribution < 1.29 is 9.53 Å². The van der Waals surface area contributed by atoms with Gasteiger partial charge in [-0.15, -0.1) is 0 Å². The Balaban J connectivity index is 1.95. The summed E-state index contributed by atoms with van der Waals surface area (Å²) in [6.07, 6.45) is 7.10. The molecule has 1 heterocycles. The molecular formula is C17H32N2O2. The van der Waals surface area contributed by atoms with Crippen molar-refractivity contribution in [2.45, 2.75) is 64.8 Å². The minimum atomic E-state index is -0.783. The molecule has 0 radical (unpaired) electrons. The second-order valence-corrected chi connectivity index (χ2v) is 7.02. The lowest BCUT2D eigenvalue weighted by molar-refractivity contribution is -0.151. The highest BCUT2D eigenvalue weighted by Gasteiger charge is 2.50. The highest BCUT2D eigenvalue weighted by molar-refractivity contribution is 5.82. The number of carbonyl (C=O) groups is 1. The van der Waals surface area contributed by atoms with E-state index in [-0.39, 0.29) is 5.97 Å². The Morgan fingerprint density at radius 1 is 1.24 bits per heavy atom. The predicted octanol–water partition coefficient (Wildman–Crippen LogP) is 2.56.